The van der Waals surface area contributed by atoms with E-state index in [2.05, 4.69) is 15.5 Å². The second kappa shape index (κ2) is 8.31. The molecular weight excluding hydrogens is 351 g/mol. The van der Waals surface area contributed by atoms with Gasteiger partial charge in [-0.25, -0.2) is 4.39 Å². The van der Waals surface area contributed by atoms with Gasteiger partial charge >= 0.3 is 5.97 Å². The number of ether oxygens (including phenoxy) is 1. The van der Waals surface area contributed by atoms with Crippen molar-refractivity contribution in [2.24, 2.45) is 0 Å². The van der Waals surface area contributed by atoms with Crippen LogP contribution in [-0.4, -0.2) is 32.0 Å². The van der Waals surface area contributed by atoms with E-state index < -0.39 is 17.9 Å². The lowest BCUT2D eigenvalue weighted by Gasteiger charge is -2.13. The third kappa shape index (κ3) is 4.60. The van der Waals surface area contributed by atoms with Gasteiger partial charge in [-0.2, -0.15) is 4.68 Å². The third-order valence-electron chi connectivity index (χ3n) is 3.89. The summed E-state index contributed by atoms with van der Waals surface area (Å²) in [6, 6.07) is 14.4. The first-order chi connectivity index (χ1) is 13.0. The maximum absolute atomic E-state index is 12.9. The van der Waals surface area contributed by atoms with Gasteiger partial charge in [0, 0.05) is 12.0 Å². The number of carbonyl (C=O) groups excluding carboxylic acids is 2. The fraction of sp³-hybridized carbons (Fsp3) is 0.211. The van der Waals surface area contributed by atoms with Crippen molar-refractivity contribution in [3.63, 3.8) is 0 Å². The molecule has 0 radical (unpaired) electrons. The Hall–Kier alpha value is -3.42. The molecule has 2 aromatic carbocycles. The number of nitrogens with zero attached hydrogens (tertiary/aromatic N) is 4. The summed E-state index contributed by atoms with van der Waals surface area (Å²) in [4.78, 5) is 24.1. The summed E-state index contributed by atoms with van der Waals surface area (Å²) in [6.45, 7) is 1.66. The zero-order valence-corrected chi connectivity index (χ0v) is 14.6. The van der Waals surface area contributed by atoms with Crippen LogP contribution in [0.3, 0.4) is 0 Å². The van der Waals surface area contributed by atoms with E-state index in [-0.39, 0.29) is 18.6 Å². The van der Waals surface area contributed by atoms with E-state index in [1.165, 1.54) is 28.9 Å². The molecule has 1 heterocycles. The van der Waals surface area contributed by atoms with Crippen molar-refractivity contribution in [1.29, 1.82) is 0 Å². The van der Waals surface area contributed by atoms with E-state index in [4.69, 9.17) is 4.74 Å². The molecule has 0 aliphatic rings. The van der Waals surface area contributed by atoms with Gasteiger partial charge in [0.15, 0.2) is 17.7 Å². The molecule has 3 rings (SSSR count). The first kappa shape index (κ1) is 18.4. The second-order valence-electron chi connectivity index (χ2n) is 5.85. The number of ketones is 1. The topological polar surface area (TPSA) is 87.0 Å². The Morgan fingerprint density at radius 1 is 1.07 bits per heavy atom. The second-order valence-corrected chi connectivity index (χ2v) is 5.85. The molecule has 0 unspecified atom stereocenters. The van der Waals surface area contributed by atoms with Crippen molar-refractivity contribution >= 4 is 11.8 Å². The van der Waals surface area contributed by atoms with E-state index >= 15 is 0 Å². The number of tetrazole rings is 1. The summed E-state index contributed by atoms with van der Waals surface area (Å²) >= 11 is 0. The van der Waals surface area contributed by atoms with Gasteiger partial charge in [0.2, 0.25) is 0 Å². The molecular formula is C19H17FN4O3. The van der Waals surface area contributed by atoms with Crippen LogP contribution in [0.2, 0.25) is 0 Å². The largest absolute Gasteiger partial charge is 0.454 e. The molecule has 1 atom stereocenters. The summed E-state index contributed by atoms with van der Waals surface area (Å²) in [6.07, 6.45) is -0.803. The van der Waals surface area contributed by atoms with Crippen molar-refractivity contribution in [2.75, 3.05) is 0 Å². The maximum atomic E-state index is 12.9. The molecule has 0 N–H and O–H groups in total. The molecule has 0 fully saturated rings. The molecule has 3 aromatic rings. The minimum atomic E-state index is -0.686. The van der Waals surface area contributed by atoms with Crippen LogP contribution in [0.4, 0.5) is 4.39 Å². The van der Waals surface area contributed by atoms with Crippen LogP contribution in [0, 0.1) is 5.82 Å². The number of para-hydroxylation sites is 1. The first-order valence-corrected chi connectivity index (χ1v) is 8.36. The van der Waals surface area contributed by atoms with Crippen LogP contribution in [0.1, 0.15) is 42.1 Å². The Balaban J connectivity index is 1.58. The van der Waals surface area contributed by atoms with Crippen LogP contribution in [-0.2, 0) is 9.53 Å². The molecule has 0 aliphatic heterocycles. The van der Waals surface area contributed by atoms with Gasteiger partial charge in [0.25, 0.3) is 0 Å². The molecule has 7 nitrogen and oxygen atoms in total. The number of hydrogen-bond donors (Lipinski definition) is 0. The summed E-state index contributed by atoms with van der Waals surface area (Å²) in [7, 11) is 0. The average molecular weight is 368 g/mol. The summed E-state index contributed by atoms with van der Waals surface area (Å²) in [5.41, 5.74) is 1.09. The van der Waals surface area contributed by atoms with Crippen LogP contribution < -0.4 is 0 Å². The van der Waals surface area contributed by atoms with Crippen LogP contribution in [0.5, 0.6) is 0 Å². The Morgan fingerprint density at radius 3 is 2.48 bits per heavy atom. The van der Waals surface area contributed by atoms with E-state index in [9.17, 15) is 14.0 Å². The number of aromatic nitrogens is 4. The Morgan fingerprint density at radius 2 is 1.78 bits per heavy atom. The minimum absolute atomic E-state index is 0.0270. The zero-order chi connectivity index (χ0) is 19.2. The van der Waals surface area contributed by atoms with Gasteiger partial charge < -0.3 is 4.74 Å². The standard InChI is InChI=1S/C19H17FN4O3/c1-13(19-21-22-23-24(19)16-5-3-2-4-6-16)27-18(26)12-11-17(25)14-7-9-15(20)10-8-14/h2-10,13H,11-12H2,1H3/t13-/m0/s1. The molecule has 0 saturated carbocycles. The van der Waals surface area contributed by atoms with E-state index in [0.717, 1.165) is 5.69 Å². The highest BCUT2D eigenvalue weighted by molar-refractivity contribution is 5.97. The first-order valence-electron chi connectivity index (χ1n) is 8.36. The van der Waals surface area contributed by atoms with Crippen molar-refractivity contribution in [3.05, 3.63) is 71.8 Å². The Labute approximate surface area is 154 Å². The summed E-state index contributed by atoms with van der Waals surface area (Å²) in [5, 5.41) is 11.5. The SMILES string of the molecule is C[C@H](OC(=O)CCC(=O)c1ccc(F)cc1)c1nnnn1-c1ccccc1. The van der Waals surface area contributed by atoms with Gasteiger partial charge in [-0.05, 0) is 53.7 Å². The molecule has 0 saturated heterocycles. The lowest BCUT2D eigenvalue weighted by Crippen LogP contribution is -2.15. The molecule has 27 heavy (non-hydrogen) atoms. The fourth-order valence-corrected chi connectivity index (χ4v) is 2.51. The van der Waals surface area contributed by atoms with Crippen molar-refractivity contribution in [1.82, 2.24) is 20.2 Å². The van der Waals surface area contributed by atoms with Crippen molar-refractivity contribution < 1.29 is 18.7 Å². The molecule has 1 aromatic heterocycles. The molecule has 8 heteroatoms. The number of benzene rings is 2. The number of rotatable bonds is 7. The average Bonchev–Trinajstić information content (AvgIpc) is 3.17. The fourth-order valence-electron chi connectivity index (χ4n) is 2.51. The van der Waals surface area contributed by atoms with Gasteiger partial charge in [0.1, 0.15) is 5.82 Å². The lowest BCUT2D eigenvalue weighted by molar-refractivity contribution is -0.149. The van der Waals surface area contributed by atoms with Crippen molar-refractivity contribution in [3.8, 4) is 5.69 Å². The molecule has 0 amide bonds. The predicted molar refractivity (Wildman–Crippen MR) is 93.6 cm³/mol. The predicted octanol–water partition coefficient (Wildman–Crippen LogP) is 3.07. The molecule has 138 valence electrons. The number of carbonyl (C=O) groups is 2. The number of Topliss-reactive ketones (excluding diaryl/α,β-unsaturated/α-hetero) is 1. The van der Waals surface area contributed by atoms with E-state index in [1.807, 2.05) is 30.3 Å². The minimum Gasteiger partial charge on any atom is -0.454 e. The van der Waals surface area contributed by atoms with E-state index in [0.29, 0.717) is 11.4 Å². The highest BCUT2D eigenvalue weighted by Gasteiger charge is 2.20. The highest BCUT2D eigenvalue weighted by atomic mass is 19.1. The van der Waals surface area contributed by atoms with Crippen LogP contribution >= 0.6 is 0 Å². The Kier molecular flexibility index (Phi) is 5.65. The molecule has 0 spiro atoms. The van der Waals surface area contributed by atoms with Gasteiger partial charge in [-0.1, -0.05) is 18.2 Å². The summed E-state index contributed by atoms with van der Waals surface area (Å²) < 4.78 is 19.7. The van der Waals surface area contributed by atoms with E-state index in [1.54, 1.807) is 6.92 Å². The number of halogens is 1. The third-order valence-corrected chi connectivity index (χ3v) is 3.89. The molecule has 0 aliphatic carbocycles. The van der Waals surface area contributed by atoms with Gasteiger partial charge in [-0.3, -0.25) is 9.59 Å². The zero-order valence-electron chi connectivity index (χ0n) is 14.6. The molecule has 0 bridgehead atoms. The number of esters is 1. The lowest BCUT2D eigenvalue weighted by atomic mass is 10.1. The number of hydrogen-bond acceptors (Lipinski definition) is 6. The quantitative estimate of drug-likeness (QED) is 0.470. The normalized spacial score (nSPS) is 11.8. The van der Waals surface area contributed by atoms with Crippen LogP contribution in [0.15, 0.2) is 54.6 Å². The summed E-state index contributed by atoms with van der Waals surface area (Å²) in [5.74, 6) is -0.843. The Bertz CT molecular complexity index is 926. The van der Waals surface area contributed by atoms with Crippen molar-refractivity contribution in [2.45, 2.75) is 25.9 Å². The van der Waals surface area contributed by atoms with Gasteiger partial charge in [-0.15, -0.1) is 5.10 Å². The monoisotopic (exact) mass is 368 g/mol. The highest BCUT2D eigenvalue weighted by Crippen LogP contribution is 2.18. The van der Waals surface area contributed by atoms with Gasteiger partial charge in [0.05, 0.1) is 12.1 Å². The van der Waals surface area contributed by atoms with Crippen LogP contribution in [0.25, 0.3) is 5.69 Å². The smallest absolute Gasteiger partial charge is 0.306 e. The maximum Gasteiger partial charge on any atom is 0.306 e.